The first-order valence-corrected chi connectivity index (χ1v) is 11.5. The van der Waals surface area contributed by atoms with E-state index in [0.717, 1.165) is 37.2 Å². The van der Waals surface area contributed by atoms with Gasteiger partial charge in [-0.2, -0.15) is 0 Å². The molecular weight excluding hydrogens is 404 g/mol. The van der Waals surface area contributed by atoms with Crippen LogP contribution >= 0.6 is 0 Å². The van der Waals surface area contributed by atoms with E-state index in [0.29, 0.717) is 50.8 Å². The van der Waals surface area contributed by atoms with Crippen LogP contribution < -0.4 is 4.74 Å². The van der Waals surface area contributed by atoms with Crippen LogP contribution in [0.2, 0.25) is 0 Å². The van der Waals surface area contributed by atoms with E-state index in [9.17, 15) is 9.59 Å². The highest BCUT2D eigenvalue weighted by Gasteiger charge is 2.24. The number of benzene rings is 2. The van der Waals surface area contributed by atoms with Crippen molar-refractivity contribution >= 4 is 11.8 Å². The average molecular weight is 437 g/mol. The Bertz CT molecular complexity index is 914. The van der Waals surface area contributed by atoms with Gasteiger partial charge in [0.1, 0.15) is 5.75 Å². The van der Waals surface area contributed by atoms with Crippen molar-refractivity contribution in [3.63, 3.8) is 0 Å². The van der Waals surface area contributed by atoms with Gasteiger partial charge in [-0.25, -0.2) is 0 Å². The van der Waals surface area contributed by atoms with E-state index in [1.54, 1.807) is 0 Å². The van der Waals surface area contributed by atoms with Crippen molar-refractivity contribution in [2.75, 3.05) is 46.0 Å². The van der Waals surface area contributed by atoms with Crippen LogP contribution in [0.25, 0.3) is 0 Å². The summed E-state index contributed by atoms with van der Waals surface area (Å²) >= 11 is 0. The van der Waals surface area contributed by atoms with Crippen molar-refractivity contribution in [1.82, 2.24) is 9.80 Å². The summed E-state index contributed by atoms with van der Waals surface area (Å²) in [5.74, 6) is 1.47. The SMILES string of the molecule is Cc1ccccc1CC(=O)N1CCC(COc2ccc(C(=O)N3CCOCC3)cc2)CC1. The second-order valence-electron chi connectivity index (χ2n) is 8.67. The van der Waals surface area contributed by atoms with Crippen LogP contribution in [-0.2, 0) is 16.0 Å². The third-order valence-corrected chi connectivity index (χ3v) is 6.46. The zero-order valence-corrected chi connectivity index (χ0v) is 18.8. The number of morpholine rings is 1. The van der Waals surface area contributed by atoms with Gasteiger partial charge >= 0.3 is 0 Å². The Morgan fingerprint density at radius 2 is 1.62 bits per heavy atom. The predicted octanol–water partition coefficient (Wildman–Crippen LogP) is 3.33. The summed E-state index contributed by atoms with van der Waals surface area (Å²) in [6.45, 7) is 6.74. The van der Waals surface area contributed by atoms with Crippen LogP contribution in [0.15, 0.2) is 48.5 Å². The van der Waals surface area contributed by atoms with Crippen molar-refractivity contribution in [3.8, 4) is 5.75 Å². The zero-order chi connectivity index (χ0) is 22.3. The fourth-order valence-corrected chi connectivity index (χ4v) is 4.29. The lowest BCUT2D eigenvalue weighted by Gasteiger charge is -2.32. The van der Waals surface area contributed by atoms with Gasteiger partial charge in [0.15, 0.2) is 0 Å². The molecule has 2 saturated heterocycles. The maximum atomic E-state index is 12.7. The summed E-state index contributed by atoms with van der Waals surface area (Å²) in [5.41, 5.74) is 2.96. The molecular formula is C26H32N2O4. The zero-order valence-electron chi connectivity index (χ0n) is 18.8. The summed E-state index contributed by atoms with van der Waals surface area (Å²) in [4.78, 5) is 29.0. The number of piperidine rings is 1. The quantitative estimate of drug-likeness (QED) is 0.697. The normalized spacial score (nSPS) is 17.3. The number of aryl methyl sites for hydroxylation is 1. The van der Waals surface area contributed by atoms with Crippen molar-refractivity contribution in [3.05, 3.63) is 65.2 Å². The lowest BCUT2D eigenvalue weighted by atomic mass is 9.97. The van der Waals surface area contributed by atoms with Crippen LogP contribution in [-0.4, -0.2) is 67.6 Å². The summed E-state index contributed by atoms with van der Waals surface area (Å²) in [6.07, 6.45) is 2.38. The van der Waals surface area contributed by atoms with E-state index in [2.05, 4.69) is 13.0 Å². The number of hydrogen-bond donors (Lipinski definition) is 0. The molecule has 6 heteroatoms. The molecule has 6 nitrogen and oxygen atoms in total. The van der Waals surface area contributed by atoms with Crippen molar-refractivity contribution in [2.24, 2.45) is 5.92 Å². The van der Waals surface area contributed by atoms with Crippen LogP contribution in [0.1, 0.15) is 34.3 Å². The topological polar surface area (TPSA) is 59.1 Å². The first kappa shape index (κ1) is 22.3. The Labute approximate surface area is 190 Å². The van der Waals surface area contributed by atoms with Gasteiger partial charge in [-0.05, 0) is 61.1 Å². The summed E-state index contributed by atoms with van der Waals surface area (Å²) in [6, 6.07) is 15.5. The number of carbonyl (C=O) groups excluding carboxylic acids is 2. The lowest BCUT2D eigenvalue weighted by molar-refractivity contribution is -0.132. The van der Waals surface area contributed by atoms with Crippen LogP contribution in [0.4, 0.5) is 0 Å². The number of nitrogens with zero attached hydrogens (tertiary/aromatic N) is 2. The molecule has 2 fully saturated rings. The van der Waals surface area contributed by atoms with Crippen molar-refractivity contribution < 1.29 is 19.1 Å². The molecule has 32 heavy (non-hydrogen) atoms. The smallest absolute Gasteiger partial charge is 0.254 e. The summed E-state index contributed by atoms with van der Waals surface area (Å²) in [5, 5.41) is 0. The van der Waals surface area contributed by atoms with Gasteiger partial charge in [-0.15, -0.1) is 0 Å². The molecule has 2 aliphatic heterocycles. The molecule has 0 aromatic heterocycles. The molecule has 0 spiro atoms. The summed E-state index contributed by atoms with van der Waals surface area (Å²) < 4.78 is 11.3. The first-order chi connectivity index (χ1) is 15.6. The highest BCUT2D eigenvalue weighted by atomic mass is 16.5. The number of likely N-dealkylation sites (tertiary alicyclic amines) is 1. The molecule has 0 N–H and O–H groups in total. The minimum atomic E-state index is 0.0441. The maximum absolute atomic E-state index is 12.7. The first-order valence-electron chi connectivity index (χ1n) is 11.5. The van der Waals surface area contributed by atoms with E-state index in [1.807, 2.05) is 52.3 Å². The molecule has 2 aromatic rings. The number of carbonyl (C=O) groups is 2. The molecule has 0 saturated carbocycles. The predicted molar refractivity (Wildman–Crippen MR) is 123 cm³/mol. The molecule has 2 amide bonds. The lowest BCUT2D eigenvalue weighted by Crippen LogP contribution is -2.40. The number of amides is 2. The Morgan fingerprint density at radius 3 is 2.31 bits per heavy atom. The molecule has 0 bridgehead atoms. The van der Waals surface area contributed by atoms with Gasteiger partial charge in [0, 0.05) is 31.7 Å². The Morgan fingerprint density at radius 1 is 0.938 bits per heavy atom. The van der Waals surface area contributed by atoms with Crippen LogP contribution in [0, 0.1) is 12.8 Å². The molecule has 2 aliphatic rings. The minimum absolute atomic E-state index is 0.0441. The fourth-order valence-electron chi connectivity index (χ4n) is 4.29. The second-order valence-corrected chi connectivity index (χ2v) is 8.67. The molecule has 0 atom stereocenters. The second kappa shape index (κ2) is 10.6. The highest BCUT2D eigenvalue weighted by Crippen LogP contribution is 2.21. The fraction of sp³-hybridized carbons (Fsp3) is 0.462. The van der Waals surface area contributed by atoms with E-state index < -0.39 is 0 Å². The molecule has 0 aliphatic carbocycles. The monoisotopic (exact) mass is 436 g/mol. The molecule has 0 unspecified atom stereocenters. The van der Waals surface area contributed by atoms with E-state index in [4.69, 9.17) is 9.47 Å². The van der Waals surface area contributed by atoms with Gasteiger partial charge in [0.25, 0.3) is 5.91 Å². The Hall–Kier alpha value is -2.86. The van der Waals surface area contributed by atoms with Gasteiger partial charge in [0.2, 0.25) is 5.91 Å². The van der Waals surface area contributed by atoms with E-state index >= 15 is 0 Å². The number of ether oxygens (including phenoxy) is 2. The number of rotatable bonds is 6. The van der Waals surface area contributed by atoms with Gasteiger partial charge < -0.3 is 19.3 Å². The highest BCUT2D eigenvalue weighted by molar-refractivity contribution is 5.94. The largest absolute Gasteiger partial charge is 0.493 e. The Balaban J connectivity index is 1.20. The molecule has 170 valence electrons. The third kappa shape index (κ3) is 5.68. The van der Waals surface area contributed by atoms with Gasteiger partial charge in [-0.3, -0.25) is 9.59 Å². The van der Waals surface area contributed by atoms with Crippen LogP contribution in [0.5, 0.6) is 5.75 Å². The van der Waals surface area contributed by atoms with Crippen LogP contribution in [0.3, 0.4) is 0 Å². The van der Waals surface area contributed by atoms with Gasteiger partial charge in [-0.1, -0.05) is 24.3 Å². The van der Waals surface area contributed by atoms with E-state index in [1.165, 1.54) is 5.56 Å². The van der Waals surface area contributed by atoms with Gasteiger partial charge in [0.05, 0.1) is 26.2 Å². The molecule has 4 rings (SSSR count). The molecule has 2 aromatic carbocycles. The Kier molecular flexibility index (Phi) is 7.43. The number of hydrogen-bond acceptors (Lipinski definition) is 4. The standard InChI is InChI=1S/C26H32N2O4/c1-20-4-2-3-5-23(20)18-25(29)27-12-10-21(11-13-27)19-32-24-8-6-22(7-9-24)26(30)28-14-16-31-17-15-28/h2-9,21H,10-19H2,1H3. The average Bonchev–Trinajstić information content (AvgIpc) is 2.85. The molecule has 0 radical (unpaired) electrons. The summed E-state index contributed by atoms with van der Waals surface area (Å²) in [7, 11) is 0. The van der Waals surface area contributed by atoms with Crippen molar-refractivity contribution in [1.29, 1.82) is 0 Å². The van der Waals surface area contributed by atoms with Crippen molar-refractivity contribution in [2.45, 2.75) is 26.2 Å². The minimum Gasteiger partial charge on any atom is -0.493 e. The maximum Gasteiger partial charge on any atom is 0.254 e. The van der Waals surface area contributed by atoms with E-state index in [-0.39, 0.29) is 11.8 Å². The molecule has 2 heterocycles. The third-order valence-electron chi connectivity index (χ3n) is 6.46.